The maximum atomic E-state index is 13.0. The number of amides is 1. The monoisotopic (exact) mass is 503 g/mol. The predicted octanol–water partition coefficient (Wildman–Crippen LogP) is 5.10. The molecule has 0 spiro atoms. The molecule has 2 aromatic rings. The molecule has 7 nitrogen and oxygen atoms in total. The average Bonchev–Trinajstić information content (AvgIpc) is 2.73. The molecular formula is C27H38NO6P. The summed E-state index contributed by atoms with van der Waals surface area (Å²) >= 11 is 0. The molecule has 0 saturated heterocycles. The number of rotatable bonds is 11. The molecule has 0 bridgehead atoms. The van der Waals surface area contributed by atoms with E-state index in [1.54, 1.807) is 12.1 Å². The van der Waals surface area contributed by atoms with Crippen LogP contribution in [0.25, 0.3) is 0 Å². The third-order valence-electron chi connectivity index (χ3n) is 5.66. The molecule has 0 aliphatic carbocycles. The minimum Gasteiger partial charge on any atom is -0.507 e. The molecule has 192 valence electrons. The summed E-state index contributed by atoms with van der Waals surface area (Å²) in [4.78, 5) is 35.2. The van der Waals surface area contributed by atoms with E-state index >= 15 is 0 Å². The lowest BCUT2D eigenvalue weighted by Gasteiger charge is -2.20. The second kappa shape index (κ2) is 12.4. The summed E-state index contributed by atoms with van der Waals surface area (Å²) in [5, 5.41) is 13.1. The Hall–Kier alpha value is -2.63. The van der Waals surface area contributed by atoms with Crippen molar-refractivity contribution in [2.24, 2.45) is 5.92 Å². The second-order valence-electron chi connectivity index (χ2n) is 9.77. The minimum atomic E-state index is -3.17. The maximum Gasteiger partial charge on any atom is 0.328 e. The summed E-state index contributed by atoms with van der Waals surface area (Å²) in [5.41, 5.74) is 4.76. The summed E-state index contributed by atoms with van der Waals surface area (Å²) in [6, 6.07) is 7.91. The first-order valence-electron chi connectivity index (χ1n) is 12.0. The number of ether oxygens (including phenoxy) is 1. The number of aromatic hydroxyl groups is 1. The molecule has 0 aromatic heterocycles. The number of esters is 1. The van der Waals surface area contributed by atoms with Crippen molar-refractivity contribution >= 4 is 19.2 Å². The number of hydrogen-bond acceptors (Lipinski definition) is 5. The summed E-state index contributed by atoms with van der Waals surface area (Å²) in [7, 11) is -3.17. The second-order valence-corrected chi connectivity index (χ2v) is 12.2. The molecule has 8 heteroatoms. The molecule has 0 aliphatic heterocycles. The molecule has 0 radical (unpaired) electrons. The Morgan fingerprint density at radius 2 is 1.71 bits per heavy atom. The molecule has 0 aliphatic rings. The quantitative estimate of drug-likeness (QED) is 0.291. The summed E-state index contributed by atoms with van der Waals surface area (Å²) in [6.07, 6.45) is 1.76. The lowest BCUT2D eigenvalue weighted by Crippen LogP contribution is -2.42. The van der Waals surface area contributed by atoms with Gasteiger partial charge >= 0.3 is 5.97 Å². The molecule has 0 fully saturated rings. The van der Waals surface area contributed by atoms with Gasteiger partial charge in [-0.25, -0.2) is 4.79 Å². The van der Waals surface area contributed by atoms with Gasteiger partial charge in [0.05, 0.1) is 12.2 Å². The van der Waals surface area contributed by atoms with Crippen molar-refractivity contribution in [2.75, 3.05) is 13.3 Å². The van der Waals surface area contributed by atoms with Crippen LogP contribution in [0, 0.1) is 19.8 Å². The first-order valence-corrected chi connectivity index (χ1v) is 14.3. The molecular weight excluding hydrogens is 465 g/mol. The Bertz CT molecular complexity index is 1080. The lowest BCUT2D eigenvalue weighted by molar-refractivity contribution is -0.146. The Morgan fingerprint density at radius 3 is 2.26 bits per heavy atom. The van der Waals surface area contributed by atoms with E-state index in [1.165, 1.54) is 12.7 Å². The maximum absolute atomic E-state index is 13.0. The normalized spacial score (nSPS) is 13.8. The number of phenols is 1. The predicted molar refractivity (Wildman–Crippen MR) is 138 cm³/mol. The van der Waals surface area contributed by atoms with Crippen molar-refractivity contribution in [3.05, 3.63) is 63.7 Å². The van der Waals surface area contributed by atoms with E-state index in [-0.39, 0.29) is 30.0 Å². The van der Waals surface area contributed by atoms with Crippen LogP contribution in [-0.2, 0) is 26.7 Å². The van der Waals surface area contributed by atoms with Gasteiger partial charge in [-0.05, 0) is 79.0 Å². The fraction of sp³-hybridized carbons (Fsp3) is 0.481. The van der Waals surface area contributed by atoms with E-state index in [2.05, 4.69) is 5.32 Å². The van der Waals surface area contributed by atoms with Crippen LogP contribution in [0.1, 0.15) is 71.8 Å². The van der Waals surface area contributed by atoms with E-state index in [9.17, 15) is 24.2 Å². The summed E-state index contributed by atoms with van der Waals surface area (Å²) in [5.74, 6) is -1.01. The third kappa shape index (κ3) is 8.83. The Balaban J connectivity index is 2.27. The first-order chi connectivity index (χ1) is 16.3. The Morgan fingerprint density at radius 1 is 1.09 bits per heavy atom. The van der Waals surface area contributed by atoms with Crippen LogP contribution >= 0.6 is 7.37 Å². The lowest BCUT2D eigenvalue weighted by atomic mass is 9.93. The molecule has 2 aromatic carbocycles. The van der Waals surface area contributed by atoms with Gasteiger partial charge in [0.15, 0.2) is 0 Å². The van der Waals surface area contributed by atoms with Gasteiger partial charge in [0.1, 0.15) is 11.8 Å². The number of aryl methyl sites for hydroxylation is 2. The highest BCUT2D eigenvalue weighted by Gasteiger charge is 2.25. The topological polar surface area (TPSA) is 113 Å². The van der Waals surface area contributed by atoms with Crippen LogP contribution in [0.3, 0.4) is 0 Å². The van der Waals surface area contributed by atoms with Crippen LogP contribution < -0.4 is 5.32 Å². The number of carbonyl (C=O) groups is 2. The van der Waals surface area contributed by atoms with Crippen molar-refractivity contribution in [2.45, 2.75) is 66.1 Å². The Labute approximate surface area is 208 Å². The minimum absolute atomic E-state index is 0.0960. The number of nitrogens with one attached hydrogen (secondary N) is 1. The van der Waals surface area contributed by atoms with Gasteiger partial charge in [-0.3, -0.25) is 9.36 Å². The van der Waals surface area contributed by atoms with E-state index in [4.69, 9.17) is 4.74 Å². The SMILES string of the molecule is CCCOC(=O)[C@H](CC(C)C)NC(=O)c1cc(Cc2c(C)cc(CP(C)(=O)O)cc2C)ccc1O. The zero-order chi connectivity index (χ0) is 26.3. The van der Waals surface area contributed by atoms with Gasteiger partial charge in [-0.15, -0.1) is 0 Å². The Kier molecular flexibility index (Phi) is 10.1. The highest BCUT2D eigenvalue weighted by molar-refractivity contribution is 7.56. The number of hydrogen-bond donors (Lipinski definition) is 3. The van der Waals surface area contributed by atoms with Crippen LogP contribution in [-0.4, -0.2) is 41.2 Å². The highest BCUT2D eigenvalue weighted by atomic mass is 31.2. The van der Waals surface area contributed by atoms with E-state index in [0.29, 0.717) is 19.3 Å². The van der Waals surface area contributed by atoms with Crippen molar-refractivity contribution in [1.29, 1.82) is 0 Å². The van der Waals surface area contributed by atoms with Gasteiger partial charge in [0.25, 0.3) is 5.91 Å². The fourth-order valence-corrected chi connectivity index (χ4v) is 4.96. The van der Waals surface area contributed by atoms with E-state index < -0.39 is 25.3 Å². The highest BCUT2D eigenvalue weighted by Crippen LogP contribution is 2.40. The first kappa shape index (κ1) is 28.6. The van der Waals surface area contributed by atoms with Gasteiger partial charge in [0, 0.05) is 12.8 Å². The van der Waals surface area contributed by atoms with Crippen molar-refractivity contribution in [3.8, 4) is 5.75 Å². The number of benzene rings is 2. The average molecular weight is 504 g/mol. The summed E-state index contributed by atoms with van der Waals surface area (Å²) in [6.45, 7) is 11.4. The summed E-state index contributed by atoms with van der Waals surface area (Å²) < 4.78 is 17.1. The van der Waals surface area contributed by atoms with Gasteiger partial charge in [0.2, 0.25) is 7.37 Å². The molecule has 0 heterocycles. The van der Waals surface area contributed by atoms with Crippen LogP contribution in [0.5, 0.6) is 5.75 Å². The van der Waals surface area contributed by atoms with Gasteiger partial charge in [-0.1, -0.05) is 39.0 Å². The molecule has 1 unspecified atom stereocenters. The zero-order valence-electron chi connectivity index (χ0n) is 21.6. The number of carbonyl (C=O) groups excluding carboxylic acids is 2. The standard InChI is InChI=1S/C27H38NO6P/c1-7-10-34-27(31)24(11-17(2)3)28-26(30)23-15-20(8-9-25(23)29)14-22-18(4)12-21(13-19(22)5)16-35(6,32)33/h8-9,12-13,15,17,24,29H,7,10-11,14,16H2,1-6H3,(H,28,30)(H,32,33)/t24-/m0/s1. The smallest absolute Gasteiger partial charge is 0.328 e. The van der Waals surface area contributed by atoms with Crippen molar-refractivity contribution in [1.82, 2.24) is 5.32 Å². The van der Waals surface area contributed by atoms with Crippen LogP contribution in [0.2, 0.25) is 0 Å². The molecule has 2 atom stereocenters. The largest absolute Gasteiger partial charge is 0.507 e. The molecule has 35 heavy (non-hydrogen) atoms. The molecule has 1 amide bonds. The molecule has 2 rings (SSSR count). The fourth-order valence-electron chi connectivity index (χ4n) is 4.10. The zero-order valence-corrected chi connectivity index (χ0v) is 22.4. The van der Waals surface area contributed by atoms with Gasteiger partial charge in [-0.2, -0.15) is 0 Å². The van der Waals surface area contributed by atoms with Crippen LogP contribution in [0.4, 0.5) is 0 Å². The van der Waals surface area contributed by atoms with E-state index in [0.717, 1.165) is 27.8 Å². The van der Waals surface area contributed by atoms with Gasteiger partial charge < -0.3 is 20.1 Å². The van der Waals surface area contributed by atoms with Crippen molar-refractivity contribution in [3.63, 3.8) is 0 Å². The van der Waals surface area contributed by atoms with Crippen molar-refractivity contribution < 1.29 is 28.9 Å². The molecule has 0 saturated carbocycles. The van der Waals surface area contributed by atoms with E-state index in [1.807, 2.05) is 46.8 Å². The van der Waals surface area contributed by atoms with Crippen LogP contribution in [0.15, 0.2) is 30.3 Å². The third-order valence-corrected chi connectivity index (χ3v) is 6.62. The number of phenolic OH excluding ortho intramolecular Hbond substituents is 1. The molecule has 3 N–H and O–H groups in total.